The SMILES string of the molecule is CC(C)=C1C(=O)OC(=O)/C1=C(\C)c1cc(C)oc1C. The van der Waals surface area contributed by atoms with Crippen molar-refractivity contribution < 1.29 is 18.7 Å². The third-order valence-electron chi connectivity index (χ3n) is 3.16. The van der Waals surface area contributed by atoms with Gasteiger partial charge in [-0.05, 0) is 46.3 Å². The lowest BCUT2D eigenvalue weighted by Gasteiger charge is -2.04. The maximum absolute atomic E-state index is 11.9. The Morgan fingerprint density at radius 1 is 1.00 bits per heavy atom. The van der Waals surface area contributed by atoms with E-state index in [0.717, 1.165) is 22.7 Å². The summed E-state index contributed by atoms with van der Waals surface area (Å²) in [4.78, 5) is 23.6. The third-order valence-corrected chi connectivity index (χ3v) is 3.16. The minimum Gasteiger partial charge on any atom is -0.466 e. The van der Waals surface area contributed by atoms with Crippen LogP contribution in [-0.2, 0) is 14.3 Å². The third kappa shape index (κ3) is 2.14. The van der Waals surface area contributed by atoms with E-state index >= 15 is 0 Å². The molecule has 0 amide bonds. The monoisotopic (exact) mass is 260 g/mol. The molecular formula is C15H16O4. The van der Waals surface area contributed by atoms with Crippen molar-refractivity contribution in [2.45, 2.75) is 34.6 Å². The van der Waals surface area contributed by atoms with E-state index in [4.69, 9.17) is 9.15 Å². The molecule has 0 atom stereocenters. The van der Waals surface area contributed by atoms with Crippen molar-refractivity contribution in [3.8, 4) is 0 Å². The molecule has 0 aromatic carbocycles. The number of hydrogen-bond donors (Lipinski definition) is 0. The molecule has 0 radical (unpaired) electrons. The molecule has 1 aromatic rings. The van der Waals surface area contributed by atoms with Gasteiger partial charge in [-0.15, -0.1) is 0 Å². The molecule has 1 aromatic heterocycles. The van der Waals surface area contributed by atoms with Crippen molar-refractivity contribution in [3.05, 3.63) is 39.9 Å². The van der Waals surface area contributed by atoms with Gasteiger partial charge in [0.15, 0.2) is 0 Å². The molecule has 1 aliphatic rings. The predicted molar refractivity (Wildman–Crippen MR) is 70.2 cm³/mol. The number of carbonyl (C=O) groups excluding carboxylic acids is 2. The van der Waals surface area contributed by atoms with Gasteiger partial charge in [0, 0.05) is 5.56 Å². The summed E-state index contributed by atoms with van der Waals surface area (Å²) in [5, 5.41) is 0. The predicted octanol–water partition coefficient (Wildman–Crippen LogP) is 3.09. The van der Waals surface area contributed by atoms with Crippen molar-refractivity contribution in [2.24, 2.45) is 0 Å². The number of rotatable bonds is 1. The first-order valence-corrected chi connectivity index (χ1v) is 6.05. The fourth-order valence-corrected chi connectivity index (χ4v) is 2.32. The highest BCUT2D eigenvalue weighted by molar-refractivity contribution is 6.22. The van der Waals surface area contributed by atoms with E-state index in [1.807, 2.05) is 19.9 Å². The molecule has 0 unspecified atom stereocenters. The summed E-state index contributed by atoms with van der Waals surface area (Å²) in [6.07, 6.45) is 0. The fourth-order valence-electron chi connectivity index (χ4n) is 2.32. The minimum absolute atomic E-state index is 0.342. The molecule has 19 heavy (non-hydrogen) atoms. The molecule has 2 rings (SSSR count). The molecular weight excluding hydrogens is 244 g/mol. The molecule has 1 saturated heterocycles. The van der Waals surface area contributed by atoms with Gasteiger partial charge in [-0.3, -0.25) is 0 Å². The minimum atomic E-state index is -0.586. The van der Waals surface area contributed by atoms with Crippen LogP contribution in [-0.4, -0.2) is 11.9 Å². The average molecular weight is 260 g/mol. The van der Waals surface area contributed by atoms with E-state index in [9.17, 15) is 9.59 Å². The number of carbonyl (C=O) groups is 2. The molecule has 0 aliphatic carbocycles. The van der Waals surface area contributed by atoms with E-state index in [1.54, 1.807) is 20.8 Å². The molecule has 0 saturated carbocycles. The molecule has 4 nitrogen and oxygen atoms in total. The summed E-state index contributed by atoms with van der Waals surface area (Å²) < 4.78 is 10.2. The van der Waals surface area contributed by atoms with Crippen LogP contribution in [0.1, 0.15) is 37.9 Å². The highest BCUT2D eigenvalue weighted by Gasteiger charge is 2.36. The molecule has 1 fully saturated rings. The summed E-state index contributed by atoms with van der Waals surface area (Å²) in [7, 11) is 0. The lowest BCUT2D eigenvalue weighted by molar-refractivity contribution is -0.149. The Morgan fingerprint density at radius 3 is 2.05 bits per heavy atom. The van der Waals surface area contributed by atoms with Crippen molar-refractivity contribution >= 4 is 17.5 Å². The number of allylic oxidation sites excluding steroid dienone is 2. The molecule has 2 heterocycles. The van der Waals surface area contributed by atoms with Crippen LogP contribution < -0.4 is 0 Å². The number of cyclic esters (lactones) is 2. The first-order valence-electron chi connectivity index (χ1n) is 6.05. The van der Waals surface area contributed by atoms with Crippen LogP contribution in [0.2, 0.25) is 0 Å². The van der Waals surface area contributed by atoms with Crippen LogP contribution in [0.3, 0.4) is 0 Å². The average Bonchev–Trinajstić information content (AvgIpc) is 2.77. The van der Waals surface area contributed by atoms with Crippen LogP contribution in [0.15, 0.2) is 27.2 Å². The van der Waals surface area contributed by atoms with Gasteiger partial charge in [-0.2, -0.15) is 0 Å². The van der Waals surface area contributed by atoms with E-state index in [-0.39, 0.29) is 0 Å². The summed E-state index contributed by atoms with van der Waals surface area (Å²) >= 11 is 0. The number of aryl methyl sites for hydroxylation is 2. The second-order valence-electron chi connectivity index (χ2n) is 4.88. The molecule has 100 valence electrons. The second kappa shape index (κ2) is 4.53. The van der Waals surface area contributed by atoms with Gasteiger partial charge < -0.3 is 9.15 Å². The van der Waals surface area contributed by atoms with Gasteiger partial charge >= 0.3 is 11.9 Å². The Morgan fingerprint density at radius 2 is 1.58 bits per heavy atom. The van der Waals surface area contributed by atoms with E-state index in [2.05, 4.69) is 0 Å². The largest absolute Gasteiger partial charge is 0.466 e. The van der Waals surface area contributed by atoms with Crippen LogP contribution in [0.25, 0.3) is 5.57 Å². The van der Waals surface area contributed by atoms with Crippen molar-refractivity contribution in [1.29, 1.82) is 0 Å². The Kier molecular flexibility index (Phi) is 3.18. The summed E-state index contributed by atoms with van der Waals surface area (Å²) in [6, 6.07) is 1.86. The zero-order valence-corrected chi connectivity index (χ0v) is 11.7. The molecule has 4 heteroatoms. The lowest BCUT2D eigenvalue weighted by atomic mass is 9.95. The van der Waals surface area contributed by atoms with Crippen LogP contribution in [0.5, 0.6) is 0 Å². The van der Waals surface area contributed by atoms with Crippen molar-refractivity contribution in [2.75, 3.05) is 0 Å². The Balaban J connectivity index is 2.69. The molecule has 0 bridgehead atoms. The molecule has 1 aliphatic heterocycles. The zero-order chi connectivity index (χ0) is 14.3. The van der Waals surface area contributed by atoms with Crippen LogP contribution in [0.4, 0.5) is 0 Å². The number of hydrogen-bond acceptors (Lipinski definition) is 4. The normalized spacial score (nSPS) is 17.8. The number of esters is 2. The smallest absolute Gasteiger partial charge is 0.347 e. The highest BCUT2D eigenvalue weighted by atomic mass is 16.6. The second-order valence-corrected chi connectivity index (χ2v) is 4.88. The first-order chi connectivity index (χ1) is 8.82. The highest BCUT2D eigenvalue weighted by Crippen LogP contribution is 2.34. The van der Waals surface area contributed by atoms with E-state index in [0.29, 0.717) is 16.7 Å². The number of furan rings is 1. The van der Waals surface area contributed by atoms with Gasteiger partial charge in [-0.25, -0.2) is 9.59 Å². The van der Waals surface area contributed by atoms with Crippen molar-refractivity contribution in [1.82, 2.24) is 0 Å². The summed E-state index contributed by atoms with van der Waals surface area (Å²) in [6.45, 7) is 9.05. The standard InChI is InChI=1S/C15H16O4/c1-7(2)12-13(15(17)19-14(12)16)9(4)11-6-8(3)18-10(11)5/h6H,1-5H3/b13-9+. The zero-order valence-electron chi connectivity index (χ0n) is 11.7. The first kappa shape index (κ1) is 13.3. The van der Waals surface area contributed by atoms with Gasteiger partial charge in [0.1, 0.15) is 11.5 Å². The van der Waals surface area contributed by atoms with Crippen LogP contribution in [0, 0.1) is 13.8 Å². The Bertz CT molecular complexity index is 637. The molecule has 0 N–H and O–H groups in total. The van der Waals surface area contributed by atoms with Gasteiger partial charge in [0.25, 0.3) is 0 Å². The van der Waals surface area contributed by atoms with E-state index < -0.39 is 11.9 Å². The number of ether oxygens (including phenoxy) is 1. The Labute approximate surface area is 111 Å². The lowest BCUT2D eigenvalue weighted by Crippen LogP contribution is -1.99. The maximum Gasteiger partial charge on any atom is 0.347 e. The maximum atomic E-state index is 11.9. The van der Waals surface area contributed by atoms with Gasteiger partial charge in [0.2, 0.25) is 0 Å². The molecule has 0 spiro atoms. The quantitative estimate of drug-likeness (QED) is 0.442. The van der Waals surface area contributed by atoms with Crippen LogP contribution >= 0.6 is 0 Å². The van der Waals surface area contributed by atoms with Crippen molar-refractivity contribution in [3.63, 3.8) is 0 Å². The van der Waals surface area contributed by atoms with Gasteiger partial charge in [0.05, 0.1) is 11.1 Å². The topological polar surface area (TPSA) is 56.5 Å². The van der Waals surface area contributed by atoms with E-state index in [1.165, 1.54) is 0 Å². The summed E-state index contributed by atoms with van der Waals surface area (Å²) in [5.41, 5.74) is 3.01. The Hall–Kier alpha value is -2.10. The summed E-state index contributed by atoms with van der Waals surface area (Å²) in [5.74, 6) is 0.334. The van der Waals surface area contributed by atoms with Gasteiger partial charge in [-0.1, -0.05) is 5.57 Å². The fraction of sp³-hybridized carbons (Fsp3) is 0.333.